The minimum atomic E-state index is -0.199. The number of urea groups is 1. The van der Waals surface area contributed by atoms with Crippen LogP contribution < -0.4 is 10.2 Å². The largest absolute Gasteiger partial charge is 0.378 e. The summed E-state index contributed by atoms with van der Waals surface area (Å²) in [5, 5.41) is 4.56. The topological polar surface area (TPSA) is 40.5 Å². The molecule has 190 valence electrons. The Morgan fingerprint density at radius 3 is 2.57 bits per heavy atom. The highest BCUT2D eigenvalue weighted by Crippen LogP contribution is 2.44. The molecule has 4 aromatic rings. The number of fused-ring (bicyclic) bond motifs is 5. The number of carbonyl (C=O) groups excluding carboxylic acids is 1. The summed E-state index contributed by atoms with van der Waals surface area (Å²) in [6, 6.07) is 18.9. The Balaban J connectivity index is 1.49. The molecule has 5 nitrogen and oxygen atoms in total. The molecule has 1 N–H and O–H groups in total. The number of anilines is 2. The number of thiophene rings is 1. The van der Waals surface area contributed by atoms with E-state index < -0.39 is 0 Å². The highest BCUT2D eigenvalue weighted by Gasteiger charge is 2.36. The second-order valence-corrected chi connectivity index (χ2v) is 11.6. The van der Waals surface area contributed by atoms with E-state index in [1.165, 1.54) is 33.8 Å². The third-order valence-electron chi connectivity index (χ3n) is 7.80. The number of nitrogens with zero attached hydrogens (tertiary/aromatic N) is 3. The highest BCUT2D eigenvalue weighted by molar-refractivity contribution is 7.15. The second kappa shape index (κ2) is 9.42. The van der Waals surface area contributed by atoms with Crippen LogP contribution >= 0.6 is 11.3 Å². The Labute approximate surface area is 223 Å². The lowest BCUT2D eigenvalue weighted by Crippen LogP contribution is -2.38. The van der Waals surface area contributed by atoms with Crippen LogP contribution in [-0.2, 0) is 19.4 Å². The molecule has 0 saturated heterocycles. The Kier molecular flexibility index (Phi) is 6.07. The molecule has 0 unspecified atom stereocenters. The number of hydrogen-bond acceptors (Lipinski definition) is 3. The maximum atomic E-state index is 14.2. The van der Waals surface area contributed by atoms with Crippen LogP contribution in [0.3, 0.4) is 0 Å². The quantitative estimate of drug-likeness (QED) is 0.316. The zero-order valence-electron chi connectivity index (χ0n) is 22.0. The van der Waals surface area contributed by atoms with Gasteiger partial charge < -0.3 is 19.7 Å². The number of carbonyl (C=O) groups is 1. The van der Waals surface area contributed by atoms with Crippen molar-refractivity contribution in [2.45, 2.75) is 52.1 Å². The molecule has 2 aliphatic rings. The van der Waals surface area contributed by atoms with Gasteiger partial charge in [-0.15, -0.1) is 11.3 Å². The van der Waals surface area contributed by atoms with E-state index in [0.29, 0.717) is 6.54 Å². The van der Waals surface area contributed by atoms with Gasteiger partial charge in [0.25, 0.3) is 0 Å². The summed E-state index contributed by atoms with van der Waals surface area (Å²) in [6.07, 6.45) is 6.89. The molecular formula is C31H34N4OS. The molecule has 2 aromatic carbocycles. The lowest BCUT2D eigenvalue weighted by Gasteiger charge is -2.32. The molecule has 3 heterocycles. The number of aryl methyl sites for hydroxylation is 3. The summed E-state index contributed by atoms with van der Waals surface area (Å²) in [5.41, 5.74) is 9.26. The van der Waals surface area contributed by atoms with E-state index in [-0.39, 0.29) is 12.1 Å². The summed E-state index contributed by atoms with van der Waals surface area (Å²) in [5.74, 6) is 0. The average Bonchev–Trinajstić information content (AvgIpc) is 3.48. The maximum absolute atomic E-state index is 14.2. The third-order valence-corrected chi connectivity index (χ3v) is 9.13. The van der Waals surface area contributed by atoms with Crippen LogP contribution in [0.2, 0.25) is 0 Å². The van der Waals surface area contributed by atoms with Crippen molar-refractivity contribution in [2.75, 3.05) is 24.3 Å². The van der Waals surface area contributed by atoms with Gasteiger partial charge >= 0.3 is 6.03 Å². The second-order valence-electron chi connectivity index (χ2n) is 10.6. The fourth-order valence-electron chi connectivity index (χ4n) is 5.75. The van der Waals surface area contributed by atoms with Crippen LogP contribution in [0, 0.1) is 13.8 Å². The predicted molar refractivity (Wildman–Crippen MR) is 153 cm³/mol. The van der Waals surface area contributed by atoms with E-state index >= 15 is 0 Å². The Hall–Kier alpha value is -3.51. The molecule has 37 heavy (non-hydrogen) atoms. The third kappa shape index (κ3) is 4.23. The zero-order valence-corrected chi connectivity index (χ0v) is 22.9. The van der Waals surface area contributed by atoms with Gasteiger partial charge in [0.2, 0.25) is 0 Å². The molecule has 1 atom stereocenters. The number of rotatable bonds is 3. The summed E-state index contributed by atoms with van der Waals surface area (Å²) in [7, 11) is 4.10. The standard InChI is InChI=1S/C31H34N4OS/c1-20-11-12-21(2)26(18-20)32-31(36)35-19-25-24-8-5-6-10-28(24)37-30(25)34-17-7-9-27(34)29(35)22-13-15-23(16-14-22)33(3)4/h7,9,11-18,29H,5-6,8,10,19H2,1-4H3,(H,32,36)/t29-/m1/s1. The first-order chi connectivity index (χ1) is 17.9. The van der Waals surface area contributed by atoms with Gasteiger partial charge in [0.15, 0.2) is 0 Å². The zero-order chi connectivity index (χ0) is 25.7. The first-order valence-corrected chi connectivity index (χ1v) is 14.0. The molecule has 2 amide bonds. The van der Waals surface area contributed by atoms with Gasteiger partial charge in [0, 0.05) is 42.1 Å². The Bertz CT molecular complexity index is 1460. The van der Waals surface area contributed by atoms with Crippen molar-refractivity contribution in [3.05, 3.63) is 99.2 Å². The van der Waals surface area contributed by atoms with Gasteiger partial charge in [-0.25, -0.2) is 4.79 Å². The first-order valence-electron chi connectivity index (χ1n) is 13.1. The summed E-state index contributed by atoms with van der Waals surface area (Å²) in [4.78, 5) is 19.8. The molecule has 6 rings (SSSR count). The van der Waals surface area contributed by atoms with Gasteiger partial charge in [0.1, 0.15) is 5.00 Å². The predicted octanol–water partition coefficient (Wildman–Crippen LogP) is 7.24. The lowest BCUT2D eigenvalue weighted by molar-refractivity contribution is 0.194. The van der Waals surface area contributed by atoms with Crippen molar-refractivity contribution >= 4 is 28.7 Å². The Morgan fingerprint density at radius 2 is 1.78 bits per heavy atom. The van der Waals surface area contributed by atoms with Crippen molar-refractivity contribution < 1.29 is 4.79 Å². The number of amides is 2. The fraction of sp³-hybridized carbons (Fsp3) is 0.323. The van der Waals surface area contributed by atoms with Crippen molar-refractivity contribution in [1.29, 1.82) is 0 Å². The van der Waals surface area contributed by atoms with Gasteiger partial charge in [0.05, 0.1) is 18.3 Å². The van der Waals surface area contributed by atoms with Gasteiger partial charge in [-0.05, 0) is 92.1 Å². The number of benzene rings is 2. The molecule has 0 saturated carbocycles. The summed E-state index contributed by atoms with van der Waals surface area (Å²) < 4.78 is 2.34. The van der Waals surface area contributed by atoms with E-state index in [9.17, 15) is 4.79 Å². The van der Waals surface area contributed by atoms with E-state index in [4.69, 9.17) is 0 Å². The fourth-order valence-corrected chi connectivity index (χ4v) is 7.15. The van der Waals surface area contributed by atoms with E-state index in [0.717, 1.165) is 46.6 Å². The van der Waals surface area contributed by atoms with Gasteiger partial charge in [-0.2, -0.15) is 0 Å². The minimum absolute atomic E-state index is 0.0632. The van der Waals surface area contributed by atoms with Crippen LogP contribution in [0.15, 0.2) is 60.8 Å². The van der Waals surface area contributed by atoms with Crippen molar-refractivity contribution in [3.8, 4) is 5.00 Å². The Morgan fingerprint density at radius 1 is 1.00 bits per heavy atom. The number of aromatic nitrogens is 1. The monoisotopic (exact) mass is 510 g/mol. The molecule has 0 fully saturated rings. The maximum Gasteiger partial charge on any atom is 0.322 e. The molecule has 2 aromatic heterocycles. The van der Waals surface area contributed by atoms with Crippen molar-refractivity contribution in [1.82, 2.24) is 9.47 Å². The van der Waals surface area contributed by atoms with E-state index in [1.807, 2.05) is 23.2 Å². The van der Waals surface area contributed by atoms with Gasteiger partial charge in [-0.1, -0.05) is 24.3 Å². The highest BCUT2D eigenvalue weighted by atomic mass is 32.1. The van der Waals surface area contributed by atoms with E-state index in [2.05, 4.69) is 96.6 Å². The van der Waals surface area contributed by atoms with Crippen molar-refractivity contribution in [3.63, 3.8) is 0 Å². The first kappa shape index (κ1) is 23.9. The molecule has 0 radical (unpaired) electrons. The van der Waals surface area contributed by atoms with Crippen LogP contribution in [0.4, 0.5) is 16.2 Å². The lowest BCUT2D eigenvalue weighted by atomic mass is 9.95. The smallest absolute Gasteiger partial charge is 0.322 e. The number of nitrogens with one attached hydrogen (secondary N) is 1. The molecule has 0 bridgehead atoms. The molecular weight excluding hydrogens is 476 g/mol. The minimum Gasteiger partial charge on any atom is -0.378 e. The van der Waals surface area contributed by atoms with Crippen LogP contribution in [0.25, 0.3) is 5.00 Å². The van der Waals surface area contributed by atoms with Gasteiger partial charge in [-0.3, -0.25) is 0 Å². The summed E-state index contributed by atoms with van der Waals surface area (Å²) in [6.45, 7) is 4.71. The summed E-state index contributed by atoms with van der Waals surface area (Å²) >= 11 is 1.92. The SMILES string of the molecule is Cc1ccc(C)c(NC(=O)N2Cc3c(sc4c3CCCC4)-n3cccc3[C@H]2c2ccc(N(C)C)cc2)c1. The molecule has 1 aliphatic heterocycles. The normalized spacial score (nSPS) is 16.4. The van der Waals surface area contributed by atoms with Crippen molar-refractivity contribution in [2.24, 2.45) is 0 Å². The molecule has 1 aliphatic carbocycles. The van der Waals surface area contributed by atoms with Crippen LogP contribution in [0.5, 0.6) is 0 Å². The van der Waals surface area contributed by atoms with Crippen LogP contribution in [-0.4, -0.2) is 29.6 Å². The molecule has 6 heteroatoms. The van der Waals surface area contributed by atoms with E-state index in [1.54, 1.807) is 0 Å². The molecule has 0 spiro atoms. The number of hydrogen-bond donors (Lipinski definition) is 1. The average molecular weight is 511 g/mol. The van der Waals surface area contributed by atoms with Crippen LogP contribution in [0.1, 0.15) is 57.3 Å².